The van der Waals surface area contributed by atoms with E-state index >= 15 is 0 Å². The topological polar surface area (TPSA) is 61.9 Å². The zero-order chi connectivity index (χ0) is 14.9. The Balaban J connectivity index is 2.50. The number of methoxy groups -OCH3 is 1. The van der Waals surface area contributed by atoms with Crippen LogP contribution < -0.4 is 10.3 Å². The van der Waals surface area contributed by atoms with Gasteiger partial charge in [0.1, 0.15) is 0 Å². The second kappa shape index (κ2) is 5.78. The summed E-state index contributed by atoms with van der Waals surface area (Å²) in [4.78, 5) is 16.4. The Morgan fingerprint density at radius 1 is 1.45 bits per heavy atom. The van der Waals surface area contributed by atoms with E-state index in [0.29, 0.717) is 18.2 Å². The molecule has 108 valence electrons. The van der Waals surface area contributed by atoms with Crippen molar-refractivity contribution in [3.63, 3.8) is 0 Å². The zero-order valence-corrected chi connectivity index (χ0v) is 13.6. The van der Waals surface area contributed by atoms with Gasteiger partial charge in [-0.15, -0.1) is 0 Å². The third-order valence-corrected chi connectivity index (χ3v) is 4.01. The maximum atomic E-state index is 12.1. The fourth-order valence-corrected chi connectivity index (χ4v) is 2.78. The van der Waals surface area contributed by atoms with Crippen molar-refractivity contribution >= 4 is 15.9 Å². The van der Waals surface area contributed by atoms with Crippen molar-refractivity contribution < 1.29 is 4.74 Å². The maximum absolute atomic E-state index is 12.1. The summed E-state index contributed by atoms with van der Waals surface area (Å²) in [6.45, 7) is 4.17. The molecule has 2 aromatic rings. The lowest BCUT2D eigenvalue weighted by atomic mass is 10.3. The van der Waals surface area contributed by atoms with Gasteiger partial charge in [-0.25, -0.2) is 4.98 Å². The molecule has 0 aliphatic rings. The molecule has 0 saturated heterocycles. The monoisotopic (exact) mass is 340 g/mol. The fourth-order valence-electron chi connectivity index (χ4n) is 2.04. The summed E-state index contributed by atoms with van der Waals surface area (Å²) in [7, 11) is 3.37. The summed E-state index contributed by atoms with van der Waals surface area (Å²) in [6, 6.07) is 1.80. The first-order valence-corrected chi connectivity index (χ1v) is 7.10. The van der Waals surface area contributed by atoms with Crippen molar-refractivity contribution in [3.8, 4) is 6.01 Å². The average molecular weight is 341 g/mol. The highest BCUT2D eigenvalue weighted by molar-refractivity contribution is 9.10. The number of hydrogen-bond acceptors (Lipinski definition) is 4. The Kier molecular flexibility index (Phi) is 4.27. The van der Waals surface area contributed by atoms with Crippen LogP contribution in [0.1, 0.15) is 24.0 Å². The van der Waals surface area contributed by atoms with Gasteiger partial charge < -0.3 is 4.74 Å². The van der Waals surface area contributed by atoms with E-state index in [2.05, 4.69) is 26.0 Å². The van der Waals surface area contributed by atoms with Crippen LogP contribution in [0.3, 0.4) is 0 Å². The summed E-state index contributed by atoms with van der Waals surface area (Å²) in [5.41, 5.74) is 2.38. The van der Waals surface area contributed by atoms with Crippen molar-refractivity contribution in [1.82, 2.24) is 19.3 Å². The van der Waals surface area contributed by atoms with Crippen LogP contribution in [0.2, 0.25) is 0 Å². The molecule has 0 bridgehead atoms. The first-order valence-electron chi connectivity index (χ1n) is 6.30. The average Bonchev–Trinajstić information content (AvgIpc) is 2.68. The Labute approximate surface area is 125 Å². The molecule has 7 heteroatoms. The molecule has 20 heavy (non-hydrogen) atoms. The van der Waals surface area contributed by atoms with Crippen LogP contribution in [0.25, 0.3) is 0 Å². The first kappa shape index (κ1) is 14.8. The Morgan fingerprint density at radius 2 is 2.15 bits per heavy atom. The molecule has 0 spiro atoms. The van der Waals surface area contributed by atoms with Gasteiger partial charge in [-0.3, -0.25) is 14.0 Å². The molecule has 0 unspecified atom stereocenters. The molecule has 0 aliphatic carbocycles. The van der Waals surface area contributed by atoms with Gasteiger partial charge in [0.2, 0.25) is 0 Å². The van der Waals surface area contributed by atoms with E-state index in [1.165, 1.54) is 17.7 Å². The van der Waals surface area contributed by atoms with Crippen LogP contribution in [-0.2, 0) is 20.0 Å². The maximum Gasteiger partial charge on any atom is 0.299 e. The minimum Gasteiger partial charge on any atom is -0.468 e. The molecule has 0 aliphatic heterocycles. The zero-order valence-electron chi connectivity index (χ0n) is 12.0. The minimum absolute atomic E-state index is 0.138. The number of hydrogen-bond donors (Lipinski definition) is 0. The van der Waals surface area contributed by atoms with Gasteiger partial charge in [-0.2, -0.15) is 5.10 Å². The van der Waals surface area contributed by atoms with Crippen molar-refractivity contribution in [2.45, 2.75) is 26.8 Å². The van der Waals surface area contributed by atoms with Gasteiger partial charge >= 0.3 is 0 Å². The largest absolute Gasteiger partial charge is 0.468 e. The highest BCUT2D eigenvalue weighted by Gasteiger charge is 2.16. The van der Waals surface area contributed by atoms with E-state index in [-0.39, 0.29) is 5.56 Å². The van der Waals surface area contributed by atoms with Gasteiger partial charge in [0.05, 0.1) is 29.5 Å². The number of halogens is 1. The lowest BCUT2D eigenvalue weighted by molar-refractivity contribution is 0.348. The van der Waals surface area contributed by atoms with E-state index in [0.717, 1.165) is 22.3 Å². The van der Waals surface area contributed by atoms with Crippen molar-refractivity contribution in [2.75, 3.05) is 7.11 Å². The molecule has 0 N–H and O–H groups in total. The number of aromatic nitrogens is 4. The number of rotatable bonds is 4. The van der Waals surface area contributed by atoms with Crippen molar-refractivity contribution in [1.29, 1.82) is 0 Å². The van der Waals surface area contributed by atoms with Crippen LogP contribution in [0.5, 0.6) is 6.01 Å². The molecule has 0 radical (unpaired) electrons. The Hall–Kier alpha value is -1.63. The number of aryl methyl sites for hydroxylation is 3. The van der Waals surface area contributed by atoms with Crippen molar-refractivity contribution in [2.24, 2.45) is 7.05 Å². The molecule has 0 amide bonds. The molecule has 0 atom stereocenters. The Bertz CT molecular complexity index is 690. The molecular formula is C13H17BrN4O2. The van der Waals surface area contributed by atoms with E-state index in [9.17, 15) is 4.79 Å². The number of ether oxygens (including phenoxy) is 1. The van der Waals surface area contributed by atoms with Crippen LogP contribution in [0.15, 0.2) is 15.3 Å². The summed E-state index contributed by atoms with van der Waals surface area (Å²) < 4.78 is 9.39. The van der Waals surface area contributed by atoms with Gasteiger partial charge in [-0.1, -0.05) is 6.92 Å². The lowest BCUT2D eigenvalue weighted by Crippen LogP contribution is -2.24. The SMILES string of the molecule is CCc1nn(C)c(Cn2c(OC)nc(C)cc2=O)c1Br. The summed E-state index contributed by atoms with van der Waals surface area (Å²) in [6.07, 6.45) is 0.826. The summed E-state index contributed by atoms with van der Waals surface area (Å²) in [5.74, 6) is 0. The van der Waals surface area contributed by atoms with E-state index in [1.54, 1.807) is 11.6 Å². The molecule has 2 aromatic heterocycles. The molecule has 0 fully saturated rings. The standard InChI is InChI=1S/C13H17BrN4O2/c1-5-9-12(14)10(17(3)16-9)7-18-11(19)6-8(2)15-13(18)20-4/h6H,5,7H2,1-4H3. The molecule has 2 heterocycles. The predicted molar refractivity (Wildman–Crippen MR) is 79.2 cm³/mol. The van der Waals surface area contributed by atoms with Crippen LogP contribution in [0, 0.1) is 6.92 Å². The minimum atomic E-state index is -0.138. The fraction of sp³-hybridized carbons (Fsp3) is 0.462. The second-order valence-corrected chi connectivity index (χ2v) is 5.29. The highest BCUT2D eigenvalue weighted by atomic mass is 79.9. The normalized spacial score (nSPS) is 10.8. The van der Waals surface area contributed by atoms with Gasteiger partial charge in [0, 0.05) is 18.8 Å². The first-order chi connectivity index (χ1) is 9.47. The third kappa shape index (κ3) is 2.63. The lowest BCUT2D eigenvalue weighted by Gasteiger charge is -2.11. The van der Waals surface area contributed by atoms with Gasteiger partial charge in [-0.05, 0) is 29.3 Å². The highest BCUT2D eigenvalue weighted by Crippen LogP contribution is 2.23. The summed E-state index contributed by atoms with van der Waals surface area (Å²) in [5, 5.41) is 4.42. The predicted octanol–water partition coefficient (Wildman–Crippen LogP) is 1.67. The van der Waals surface area contributed by atoms with E-state index in [4.69, 9.17) is 4.74 Å². The van der Waals surface area contributed by atoms with Crippen LogP contribution in [0.4, 0.5) is 0 Å². The quantitative estimate of drug-likeness (QED) is 0.849. The van der Waals surface area contributed by atoms with Crippen LogP contribution in [-0.4, -0.2) is 26.4 Å². The van der Waals surface area contributed by atoms with Crippen molar-refractivity contribution in [3.05, 3.63) is 38.0 Å². The van der Waals surface area contributed by atoms with Gasteiger partial charge in [0.25, 0.3) is 11.6 Å². The van der Waals surface area contributed by atoms with E-state index in [1.807, 2.05) is 14.0 Å². The smallest absolute Gasteiger partial charge is 0.299 e. The third-order valence-electron chi connectivity index (χ3n) is 3.09. The van der Waals surface area contributed by atoms with Gasteiger partial charge in [0.15, 0.2) is 0 Å². The molecule has 0 aromatic carbocycles. The molecule has 2 rings (SSSR count). The second-order valence-electron chi connectivity index (χ2n) is 4.49. The van der Waals surface area contributed by atoms with E-state index < -0.39 is 0 Å². The van der Waals surface area contributed by atoms with Crippen LogP contribution >= 0.6 is 15.9 Å². The molecular weight excluding hydrogens is 324 g/mol. The molecule has 6 nitrogen and oxygen atoms in total. The summed E-state index contributed by atoms with van der Waals surface area (Å²) >= 11 is 3.55. The molecule has 0 saturated carbocycles. The Morgan fingerprint density at radius 3 is 2.70 bits per heavy atom. The number of nitrogens with zero attached hydrogens (tertiary/aromatic N) is 4.